The summed E-state index contributed by atoms with van der Waals surface area (Å²) in [6, 6.07) is 18.5. The highest BCUT2D eigenvalue weighted by atomic mass is 28.4. The summed E-state index contributed by atoms with van der Waals surface area (Å²) < 4.78 is 62.5. The van der Waals surface area contributed by atoms with Crippen molar-refractivity contribution in [3.05, 3.63) is 71.8 Å². The van der Waals surface area contributed by atoms with Gasteiger partial charge in [0.05, 0.1) is 32.0 Å². The van der Waals surface area contributed by atoms with Crippen LogP contribution in [0.1, 0.15) is 94.2 Å². The van der Waals surface area contributed by atoms with Crippen LogP contribution in [0.15, 0.2) is 60.7 Å². The van der Waals surface area contributed by atoms with Gasteiger partial charge in [-0.25, -0.2) is 0 Å². The van der Waals surface area contributed by atoms with Crippen molar-refractivity contribution in [2.75, 3.05) is 6.61 Å². The minimum Gasteiger partial charge on any atom is -0.457 e. The SMILES string of the molecule is CC(=O)N[C@H]1[C@H](OCc2ccccc2)O[C@H](COCc2ccccc2)[C@@H](O[C@@H]2O[C@@H](C)[C@H](O[Si](C)(C)C(C)(C)C)[C@@H](O[Si](C)(C)C(C)(C)C)[C@H]2O[Si](C)(C)C(C)(C)C)[C@@H]1OC(C)=O. The van der Waals surface area contributed by atoms with Gasteiger partial charge >= 0.3 is 5.97 Å². The summed E-state index contributed by atoms with van der Waals surface area (Å²) in [6.07, 6.45) is -7.46. The summed E-state index contributed by atoms with van der Waals surface area (Å²) in [5.74, 6) is -0.924. The summed E-state index contributed by atoms with van der Waals surface area (Å²) in [6.45, 7) is 38.6. The van der Waals surface area contributed by atoms with Gasteiger partial charge in [-0.3, -0.25) is 9.59 Å². The molecule has 356 valence electrons. The van der Waals surface area contributed by atoms with Crippen molar-refractivity contribution in [1.82, 2.24) is 5.32 Å². The number of ether oxygens (including phenoxy) is 6. The first-order valence-corrected chi connectivity index (χ1v) is 31.4. The molecule has 63 heavy (non-hydrogen) atoms. The topological polar surface area (TPSA) is 129 Å². The van der Waals surface area contributed by atoms with Crippen LogP contribution in [0.5, 0.6) is 0 Å². The van der Waals surface area contributed by atoms with Crippen LogP contribution in [0.25, 0.3) is 0 Å². The first-order chi connectivity index (χ1) is 28.9. The van der Waals surface area contributed by atoms with E-state index in [9.17, 15) is 9.59 Å². The fraction of sp³-hybridized carbons (Fsp3) is 0.708. The molecular formula is C48H81NO11Si3. The third kappa shape index (κ3) is 14.1. The van der Waals surface area contributed by atoms with E-state index in [-0.39, 0.29) is 34.2 Å². The normalized spacial score (nSPS) is 27.8. The molecule has 2 aromatic carbocycles. The number of hydrogen-bond acceptors (Lipinski definition) is 11. The number of hydrogen-bond donors (Lipinski definition) is 1. The number of benzene rings is 2. The van der Waals surface area contributed by atoms with Crippen molar-refractivity contribution in [3.63, 3.8) is 0 Å². The molecule has 2 fully saturated rings. The molecule has 0 bridgehead atoms. The second-order valence-corrected chi connectivity index (χ2v) is 36.2. The predicted octanol–water partition coefficient (Wildman–Crippen LogP) is 9.88. The molecule has 0 radical (unpaired) electrons. The van der Waals surface area contributed by atoms with E-state index in [2.05, 4.69) is 107 Å². The quantitative estimate of drug-likeness (QED) is 0.120. The van der Waals surface area contributed by atoms with Crippen LogP contribution in [0.2, 0.25) is 54.4 Å². The summed E-state index contributed by atoms with van der Waals surface area (Å²) in [4.78, 5) is 26.2. The van der Waals surface area contributed by atoms with Gasteiger partial charge in [0.2, 0.25) is 5.91 Å². The first-order valence-electron chi connectivity index (χ1n) is 22.7. The third-order valence-corrected chi connectivity index (χ3v) is 27.1. The van der Waals surface area contributed by atoms with E-state index in [0.717, 1.165) is 11.1 Å². The molecule has 1 amide bonds. The fourth-order valence-corrected chi connectivity index (χ4v) is 10.8. The lowest BCUT2D eigenvalue weighted by Crippen LogP contribution is -2.70. The van der Waals surface area contributed by atoms with Crippen molar-refractivity contribution in [2.45, 2.75) is 212 Å². The van der Waals surface area contributed by atoms with E-state index in [1.807, 2.05) is 67.6 Å². The second-order valence-electron chi connectivity index (χ2n) is 22.0. The standard InChI is InChI=1S/C48H81NO11Si3/c1-32-39(58-61(13,14)46(4,5)6)42(59-62(15,16)47(7,8)9)43(60-63(17,18)48(10,11)12)45(54-32)57-40-37(31-52-29-35-25-21-19-22-26-35)56-44(53-30-36-27-23-20-24-28-36)38(49-33(2)50)41(40)55-34(3)51/h19-28,32,37-45H,29-31H2,1-18H3,(H,49,50)/t32-,37+,38+,39-,40+,41+,42+,43+,44+,45-/m0/s1. The van der Waals surface area contributed by atoms with E-state index < -0.39 is 92.3 Å². The molecule has 0 unspecified atom stereocenters. The zero-order valence-electron chi connectivity index (χ0n) is 41.7. The number of nitrogens with one attached hydrogen (secondary N) is 1. The van der Waals surface area contributed by atoms with Gasteiger partial charge < -0.3 is 47.0 Å². The maximum Gasteiger partial charge on any atom is 0.303 e. The van der Waals surface area contributed by atoms with E-state index in [1.54, 1.807) is 0 Å². The van der Waals surface area contributed by atoms with Crippen molar-refractivity contribution in [2.24, 2.45) is 0 Å². The lowest BCUT2D eigenvalue weighted by atomic mass is 9.95. The van der Waals surface area contributed by atoms with Crippen molar-refractivity contribution in [3.8, 4) is 0 Å². The highest BCUT2D eigenvalue weighted by Gasteiger charge is 2.58. The van der Waals surface area contributed by atoms with Crippen LogP contribution in [-0.2, 0) is 64.5 Å². The Morgan fingerprint density at radius 1 is 0.603 bits per heavy atom. The van der Waals surface area contributed by atoms with Crippen LogP contribution in [0.4, 0.5) is 0 Å². The maximum atomic E-state index is 13.2. The Morgan fingerprint density at radius 3 is 1.52 bits per heavy atom. The summed E-state index contributed by atoms with van der Waals surface area (Å²) in [5.41, 5.74) is 1.88. The van der Waals surface area contributed by atoms with Crippen LogP contribution in [0, 0.1) is 0 Å². The van der Waals surface area contributed by atoms with Gasteiger partial charge in [-0.15, -0.1) is 0 Å². The minimum absolute atomic E-state index is 0.0341. The molecule has 2 aliphatic rings. The summed E-state index contributed by atoms with van der Waals surface area (Å²) >= 11 is 0. The predicted molar refractivity (Wildman–Crippen MR) is 255 cm³/mol. The van der Waals surface area contributed by atoms with Gasteiger partial charge in [0.1, 0.15) is 30.5 Å². The molecule has 2 aliphatic heterocycles. The molecule has 2 aromatic rings. The molecule has 2 heterocycles. The molecule has 0 saturated carbocycles. The highest BCUT2D eigenvalue weighted by Crippen LogP contribution is 2.46. The Labute approximate surface area is 382 Å². The van der Waals surface area contributed by atoms with Crippen LogP contribution in [-0.4, -0.2) is 105 Å². The molecule has 1 N–H and O–H groups in total. The van der Waals surface area contributed by atoms with E-state index in [1.165, 1.54) is 13.8 Å². The van der Waals surface area contributed by atoms with Crippen molar-refractivity contribution < 1.29 is 51.3 Å². The Bertz CT molecular complexity index is 1760. The molecule has 0 spiro atoms. The lowest BCUT2D eigenvalue weighted by Gasteiger charge is -2.55. The molecule has 10 atom stereocenters. The summed E-state index contributed by atoms with van der Waals surface area (Å²) in [7, 11) is -7.54. The number of amides is 1. The average Bonchev–Trinajstić information content (AvgIpc) is 3.15. The van der Waals surface area contributed by atoms with Gasteiger partial charge in [0.15, 0.2) is 43.6 Å². The van der Waals surface area contributed by atoms with E-state index in [0.29, 0.717) is 6.61 Å². The van der Waals surface area contributed by atoms with Crippen molar-refractivity contribution in [1.29, 1.82) is 0 Å². The number of rotatable bonds is 17. The van der Waals surface area contributed by atoms with Gasteiger partial charge in [-0.05, 0) is 72.4 Å². The van der Waals surface area contributed by atoms with Gasteiger partial charge in [-0.1, -0.05) is 123 Å². The van der Waals surface area contributed by atoms with Crippen LogP contribution >= 0.6 is 0 Å². The van der Waals surface area contributed by atoms with E-state index in [4.69, 9.17) is 41.7 Å². The lowest BCUT2D eigenvalue weighted by molar-refractivity contribution is -0.343. The average molecular weight is 932 g/mol. The Morgan fingerprint density at radius 2 is 1.06 bits per heavy atom. The van der Waals surface area contributed by atoms with Crippen LogP contribution < -0.4 is 5.32 Å². The fourth-order valence-electron chi connectivity index (χ4n) is 6.89. The molecule has 4 rings (SSSR count). The number of carbonyl (C=O) groups is 2. The first kappa shape index (κ1) is 53.3. The van der Waals surface area contributed by atoms with E-state index >= 15 is 0 Å². The number of carbonyl (C=O) groups excluding carboxylic acids is 2. The molecule has 2 saturated heterocycles. The Balaban J connectivity index is 1.89. The second kappa shape index (κ2) is 21.1. The van der Waals surface area contributed by atoms with Gasteiger partial charge in [0.25, 0.3) is 0 Å². The zero-order valence-corrected chi connectivity index (χ0v) is 44.7. The van der Waals surface area contributed by atoms with Crippen LogP contribution in [0.3, 0.4) is 0 Å². The molecule has 12 nitrogen and oxygen atoms in total. The smallest absolute Gasteiger partial charge is 0.303 e. The van der Waals surface area contributed by atoms with Gasteiger partial charge in [0, 0.05) is 13.8 Å². The largest absolute Gasteiger partial charge is 0.457 e. The Kier molecular flexibility index (Phi) is 17.9. The third-order valence-electron chi connectivity index (χ3n) is 13.7. The van der Waals surface area contributed by atoms with Gasteiger partial charge in [-0.2, -0.15) is 0 Å². The zero-order chi connectivity index (χ0) is 47.3. The maximum absolute atomic E-state index is 13.2. The Hall–Kier alpha value is -2.29. The number of esters is 1. The minimum atomic E-state index is -2.60. The molecular weight excluding hydrogens is 851 g/mol. The molecule has 15 heteroatoms. The summed E-state index contributed by atoms with van der Waals surface area (Å²) in [5, 5.41) is 2.55. The van der Waals surface area contributed by atoms with Crippen molar-refractivity contribution >= 4 is 36.8 Å². The highest BCUT2D eigenvalue weighted by molar-refractivity contribution is 6.75. The molecule has 0 aromatic heterocycles. The monoisotopic (exact) mass is 932 g/mol. The molecule has 0 aliphatic carbocycles.